The van der Waals surface area contributed by atoms with E-state index in [1.807, 2.05) is 22.7 Å². The second kappa shape index (κ2) is 14.5. The molecule has 0 aliphatic rings. The van der Waals surface area contributed by atoms with Crippen molar-refractivity contribution in [2.75, 3.05) is 0 Å². The Morgan fingerprint density at radius 1 is 0.309 bits per heavy atom. The van der Waals surface area contributed by atoms with Gasteiger partial charge in [-0.1, -0.05) is 133 Å². The molecule has 0 unspecified atom stereocenters. The molecule has 5 nitrogen and oxygen atoms in total. The van der Waals surface area contributed by atoms with E-state index >= 15 is 0 Å². The minimum absolute atomic E-state index is 0.614. The van der Waals surface area contributed by atoms with Gasteiger partial charge in [0.05, 0.1) is 32.5 Å². The van der Waals surface area contributed by atoms with E-state index in [4.69, 9.17) is 15.0 Å². The predicted molar refractivity (Wildman–Crippen MR) is 288 cm³/mol. The zero-order valence-corrected chi connectivity index (χ0v) is 37.9. The summed E-state index contributed by atoms with van der Waals surface area (Å²) in [6.45, 7) is 0. The third-order valence-corrected chi connectivity index (χ3v) is 16.1. The molecular weight excluding hydrogens is 867 g/mol. The van der Waals surface area contributed by atoms with Crippen LogP contribution in [0.5, 0.6) is 0 Å². The molecule has 0 radical (unpaired) electrons. The first-order valence-electron chi connectivity index (χ1n) is 22.8. The summed E-state index contributed by atoms with van der Waals surface area (Å²) in [6.07, 6.45) is 0. The number of aromatic nitrogens is 5. The summed E-state index contributed by atoms with van der Waals surface area (Å²) in [6, 6.07) is 76.7. The third-order valence-electron chi connectivity index (χ3n) is 13.7. The number of para-hydroxylation sites is 3. The van der Waals surface area contributed by atoms with Gasteiger partial charge in [0.2, 0.25) is 0 Å². The SMILES string of the molecule is c1ccc(-n2c3ccccc3c3ccc(-c4nc(-c5ccc6sc7ccccc7c6c5)nc(-c5ccc6c(sc7ccccc76)c5-n5c6ccccc6c6cc7ccccc7cc65)n4)cc32)cc1. The lowest BCUT2D eigenvalue weighted by Gasteiger charge is -2.16. The molecule has 0 N–H and O–H groups in total. The molecule has 0 fully saturated rings. The Bertz CT molecular complexity index is 4570. The molecule has 0 bridgehead atoms. The van der Waals surface area contributed by atoms with Gasteiger partial charge in [-0.15, -0.1) is 22.7 Å². The number of benzene rings is 10. The molecule has 0 saturated heterocycles. The Labute approximate surface area is 397 Å². The van der Waals surface area contributed by atoms with Crippen LogP contribution in [0.2, 0.25) is 0 Å². The summed E-state index contributed by atoms with van der Waals surface area (Å²) in [7, 11) is 0. The summed E-state index contributed by atoms with van der Waals surface area (Å²) in [5.74, 6) is 1.86. The molecule has 10 aromatic carbocycles. The summed E-state index contributed by atoms with van der Waals surface area (Å²) in [5, 5.41) is 12.1. The highest BCUT2D eigenvalue weighted by Crippen LogP contribution is 2.46. The van der Waals surface area contributed by atoms with Crippen LogP contribution in [0.1, 0.15) is 0 Å². The lowest BCUT2D eigenvalue weighted by atomic mass is 10.0. The molecule has 15 rings (SSSR count). The first kappa shape index (κ1) is 37.7. The molecule has 0 spiro atoms. The highest BCUT2D eigenvalue weighted by atomic mass is 32.1. The number of rotatable bonds is 5. The normalized spacial score (nSPS) is 12.1. The van der Waals surface area contributed by atoms with Gasteiger partial charge in [-0.3, -0.25) is 0 Å². The average molecular weight is 902 g/mol. The molecule has 15 aromatic rings. The van der Waals surface area contributed by atoms with Crippen molar-refractivity contribution in [2.45, 2.75) is 0 Å². The number of hydrogen-bond acceptors (Lipinski definition) is 5. The fraction of sp³-hybridized carbons (Fsp3) is 0. The average Bonchev–Trinajstić information content (AvgIpc) is 4.15. The number of nitrogens with zero attached hydrogens (tertiary/aromatic N) is 5. The monoisotopic (exact) mass is 901 g/mol. The Balaban J connectivity index is 1.05. The first-order valence-corrected chi connectivity index (χ1v) is 24.5. The van der Waals surface area contributed by atoms with Crippen LogP contribution in [-0.4, -0.2) is 24.1 Å². The molecule has 5 aromatic heterocycles. The molecule has 0 aliphatic carbocycles. The minimum Gasteiger partial charge on any atom is -0.309 e. The van der Waals surface area contributed by atoms with Crippen LogP contribution < -0.4 is 0 Å². The van der Waals surface area contributed by atoms with Crippen molar-refractivity contribution in [3.63, 3.8) is 0 Å². The van der Waals surface area contributed by atoms with Crippen molar-refractivity contribution in [1.29, 1.82) is 0 Å². The van der Waals surface area contributed by atoms with E-state index in [2.05, 4.69) is 221 Å². The molecule has 316 valence electrons. The zero-order valence-electron chi connectivity index (χ0n) is 36.3. The maximum absolute atomic E-state index is 5.57. The van der Waals surface area contributed by atoms with Crippen LogP contribution in [0.4, 0.5) is 0 Å². The van der Waals surface area contributed by atoms with Gasteiger partial charge in [0.15, 0.2) is 17.5 Å². The van der Waals surface area contributed by atoms with Crippen molar-refractivity contribution < 1.29 is 0 Å². The lowest BCUT2D eigenvalue weighted by molar-refractivity contribution is 1.07. The van der Waals surface area contributed by atoms with E-state index in [1.54, 1.807) is 0 Å². The van der Waals surface area contributed by atoms with E-state index in [1.165, 1.54) is 72.7 Å². The highest BCUT2D eigenvalue weighted by molar-refractivity contribution is 7.26. The van der Waals surface area contributed by atoms with Gasteiger partial charge >= 0.3 is 0 Å². The second-order valence-corrected chi connectivity index (χ2v) is 19.7. The molecular formula is C61H35N5S2. The fourth-order valence-electron chi connectivity index (χ4n) is 10.7. The standard InChI is InChI=1S/C61H35N5S2/c1-2-16-40(17-3-1)65-50-22-10-6-18-41(50)43-28-26-39(35-52(43)65)60-62-59(38-27-31-56-49(33-38)45-21-9-12-24-54(45)67-56)63-61(64-60)47-30-29-46-44-20-8-13-25-55(44)68-58(46)57(47)66-51-23-11-7-19-42(51)48-32-36-14-4-5-15-37(36)34-53(48)66/h1-35H. The van der Waals surface area contributed by atoms with Crippen LogP contribution in [0.25, 0.3) is 140 Å². The molecule has 68 heavy (non-hydrogen) atoms. The predicted octanol–water partition coefficient (Wildman–Crippen LogP) is 17.0. The van der Waals surface area contributed by atoms with E-state index in [0.29, 0.717) is 17.5 Å². The van der Waals surface area contributed by atoms with Gasteiger partial charge in [-0.25, -0.2) is 15.0 Å². The molecule has 7 heteroatoms. The van der Waals surface area contributed by atoms with Crippen LogP contribution in [0.15, 0.2) is 212 Å². The Morgan fingerprint density at radius 2 is 0.838 bits per heavy atom. The molecule has 0 atom stereocenters. The minimum atomic E-state index is 0.614. The summed E-state index contributed by atoms with van der Waals surface area (Å²) < 4.78 is 9.75. The van der Waals surface area contributed by atoms with Crippen molar-refractivity contribution in [3.05, 3.63) is 212 Å². The fourth-order valence-corrected chi connectivity index (χ4v) is 13.0. The van der Waals surface area contributed by atoms with Gasteiger partial charge in [-0.05, 0) is 89.6 Å². The molecule has 0 amide bonds. The lowest BCUT2D eigenvalue weighted by Crippen LogP contribution is -2.04. The molecule has 0 aliphatic heterocycles. The van der Waals surface area contributed by atoms with Crippen LogP contribution >= 0.6 is 22.7 Å². The number of hydrogen-bond donors (Lipinski definition) is 0. The van der Waals surface area contributed by atoms with E-state index in [-0.39, 0.29) is 0 Å². The Kier molecular flexibility index (Phi) is 8.04. The quantitative estimate of drug-likeness (QED) is 0.173. The Morgan fingerprint density at radius 3 is 1.62 bits per heavy atom. The first-order chi connectivity index (χ1) is 33.7. The van der Waals surface area contributed by atoms with Crippen molar-refractivity contribution in [2.24, 2.45) is 0 Å². The largest absolute Gasteiger partial charge is 0.309 e. The van der Waals surface area contributed by atoms with E-state index in [9.17, 15) is 0 Å². The van der Waals surface area contributed by atoms with Gasteiger partial charge in [0.1, 0.15) is 0 Å². The van der Waals surface area contributed by atoms with Gasteiger partial charge < -0.3 is 9.13 Å². The van der Waals surface area contributed by atoms with Crippen molar-refractivity contribution in [3.8, 4) is 45.5 Å². The van der Waals surface area contributed by atoms with Gasteiger partial charge in [0, 0.05) is 79.6 Å². The van der Waals surface area contributed by atoms with Gasteiger partial charge in [0.25, 0.3) is 0 Å². The summed E-state index contributed by atoms with van der Waals surface area (Å²) in [5.41, 5.74) is 9.47. The summed E-state index contributed by atoms with van der Waals surface area (Å²) >= 11 is 3.65. The molecule has 5 heterocycles. The zero-order chi connectivity index (χ0) is 44.5. The summed E-state index contributed by atoms with van der Waals surface area (Å²) in [4.78, 5) is 16.5. The van der Waals surface area contributed by atoms with Crippen LogP contribution in [0.3, 0.4) is 0 Å². The number of thiophene rings is 2. The Hall–Kier alpha value is -8.49. The topological polar surface area (TPSA) is 48.5 Å². The van der Waals surface area contributed by atoms with E-state index in [0.717, 1.165) is 50.1 Å². The molecule has 0 saturated carbocycles. The van der Waals surface area contributed by atoms with Gasteiger partial charge in [-0.2, -0.15) is 0 Å². The van der Waals surface area contributed by atoms with Crippen molar-refractivity contribution in [1.82, 2.24) is 24.1 Å². The number of fused-ring (bicyclic) bond motifs is 13. The second-order valence-electron chi connectivity index (χ2n) is 17.5. The van der Waals surface area contributed by atoms with E-state index < -0.39 is 0 Å². The third kappa shape index (κ3) is 5.57. The van der Waals surface area contributed by atoms with Crippen molar-refractivity contribution >= 4 is 117 Å². The maximum Gasteiger partial charge on any atom is 0.166 e. The smallest absolute Gasteiger partial charge is 0.166 e. The van der Waals surface area contributed by atoms with Crippen LogP contribution in [0, 0.1) is 0 Å². The van der Waals surface area contributed by atoms with Crippen LogP contribution in [-0.2, 0) is 0 Å². The maximum atomic E-state index is 5.57. The highest BCUT2D eigenvalue weighted by Gasteiger charge is 2.24.